The van der Waals surface area contributed by atoms with E-state index in [0.29, 0.717) is 11.3 Å². The maximum atomic E-state index is 11.6. The van der Waals surface area contributed by atoms with E-state index >= 15 is 0 Å². The molecule has 2 aromatic rings. The first-order chi connectivity index (χ1) is 13.9. The highest BCUT2D eigenvalue weighted by molar-refractivity contribution is 7.90. The lowest BCUT2D eigenvalue weighted by atomic mass is 9.97. The van der Waals surface area contributed by atoms with Gasteiger partial charge >= 0.3 is 10.1 Å². The Morgan fingerprint density at radius 2 is 1.77 bits per heavy atom. The van der Waals surface area contributed by atoms with Gasteiger partial charge in [0.15, 0.2) is 0 Å². The Morgan fingerprint density at radius 1 is 1.03 bits per heavy atom. The molecular formula is C20H19NO7S2. The number of ether oxygens (including phenoxy) is 1. The number of anilines is 1. The van der Waals surface area contributed by atoms with Crippen LogP contribution in [0.2, 0.25) is 0 Å². The summed E-state index contributed by atoms with van der Waals surface area (Å²) >= 11 is 0. The molecule has 0 aromatic heterocycles. The van der Waals surface area contributed by atoms with Crippen LogP contribution in [0.3, 0.4) is 0 Å². The largest absolute Gasteiger partial charge is 0.477 e. The second kappa shape index (κ2) is 8.12. The van der Waals surface area contributed by atoms with Crippen LogP contribution in [0.4, 0.5) is 5.69 Å². The summed E-state index contributed by atoms with van der Waals surface area (Å²) < 4.78 is 69.4. The molecule has 0 radical (unpaired) electrons. The second-order valence-electron chi connectivity index (χ2n) is 6.84. The number of benzene rings is 2. The highest BCUT2D eigenvalue weighted by atomic mass is 32.2. The van der Waals surface area contributed by atoms with E-state index in [1.807, 2.05) is 37.3 Å². The lowest BCUT2D eigenvalue weighted by molar-refractivity contribution is 0.174. The molecule has 158 valence electrons. The number of nitrogens with two attached hydrogens (primary N) is 1. The standard InChI is InChI=1S/C20H19NO7S2/c1-13-5-8-18(15-3-2-4-17(21)11-15)16(9-13)7-6-14-10-19(29(22,23)24)20(28-12-14)30(25,26)27/h2-5,8-9,11-12,19-20H,10,21H2,1H3,(H,22,23,24)(H,25,26,27)/t19-,20-/m1/s1. The molecule has 1 aliphatic heterocycles. The lowest BCUT2D eigenvalue weighted by Gasteiger charge is -2.25. The molecule has 10 heteroatoms. The monoisotopic (exact) mass is 449 g/mol. The van der Waals surface area contributed by atoms with Crippen LogP contribution in [0.1, 0.15) is 17.5 Å². The molecule has 1 aliphatic rings. The molecule has 4 N–H and O–H groups in total. The zero-order chi connectivity index (χ0) is 22.1. The van der Waals surface area contributed by atoms with E-state index in [-0.39, 0.29) is 5.57 Å². The van der Waals surface area contributed by atoms with Gasteiger partial charge in [-0.25, -0.2) is 0 Å². The van der Waals surface area contributed by atoms with E-state index in [9.17, 15) is 25.9 Å². The van der Waals surface area contributed by atoms with E-state index in [0.717, 1.165) is 23.0 Å². The molecule has 0 aliphatic carbocycles. The van der Waals surface area contributed by atoms with Crippen LogP contribution in [0.25, 0.3) is 11.1 Å². The van der Waals surface area contributed by atoms with Gasteiger partial charge in [-0.2, -0.15) is 16.8 Å². The van der Waals surface area contributed by atoms with Crippen molar-refractivity contribution in [3.63, 3.8) is 0 Å². The van der Waals surface area contributed by atoms with Crippen molar-refractivity contribution in [2.75, 3.05) is 5.73 Å². The van der Waals surface area contributed by atoms with Crippen molar-refractivity contribution in [3.05, 3.63) is 65.4 Å². The van der Waals surface area contributed by atoms with Crippen molar-refractivity contribution in [3.8, 4) is 23.0 Å². The zero-order valence-corrected chi connectivity index (χ0v) is 17.4. The summed E-state index contributed by atoms with van der Waals surface area (Å²) in [4.78, 5) is 0. The van der Waals surface area contributed by atoms with Crippen molar-refractivity contribution < 1.29 is 30.7 Å². The molecule has 0 bridgehead atoms. The van der Waals surface area contributed by atoms with Crippen LogP contribution in [0.15, 0.2) is 54.3 Å². The van der Waals surface area contributed by atoms with E-state index < -0.39 is 37.3 Å². The predicted octanol–water partition coefficient (Wildman–Crippen LogP) is 2.37. The molecule has 0 fully saturated rings. The van der Waals surface area contributed by atoms with E-state index in [1.165, 1.54) is 0 Å². The van der Waals surface area contributed by atoms with Gasteiger partial charge in [-0.1, -0.05) is 36.1 Å². The van der Waals surface area contributed by atoms with Gasteiger partial charge in [0.05, 0.1) is 6.26 Å². The molecular weight excluding hydrogens is 430 g/mol. The molecule has 0 saturated carbocycles. The van der Waals surface area contributed by atoms with Gasteiger partial charge < -0.3 is 10.5 Å². The van der Waals surface area contributed by atoms with Gasteiger partial charge in [0.1, 0.15) is 5.25 Å². The summed E-state index contributed by atoms with van der Waals surface area (Å²) in [5.41, 5.74) is 7.71. The Kier molecular flexibility index (Phi) is 5.92. The molecule has 0 saturated heterocycles. The molecule has 8 nitrogen and oxygen atoms in total. The molecule has 2 atom stereocenters. The maximum absolute atomic E-state index is 11.6. The van der Waals surface area contributed by atoms with Crippen molar-refractivity contribution in [2.45, 2.75) is 24.0 Å². The van der Waals surface area contributed by atoms with Gasteiger partial charge in [0.25, 0.3) is 10.1 Å². The SMILES string of the molecule is Cc1ccc(-c2cccc(N)c2)c(C#CC2=CO[C@H](S(=O)(=O)O)[C@H](S(=O)(=O)O)C2)c1. The van der Waals surface area contributed by atoms with Crippen LogP contribution < -0.4 is 5.73 Å². The normalized spacial score (nSPS) is 19.2. The van der Waals surface area contributed by atoms with Crippen LogP contribution >= 0.6 is 0 Å². The maximum Gasteiger partial charge on any atom is 0.304 e. The molecule has 0 amide bonds. The van der Waals surface area contributed by atoms with Gasteiger partial charge in [-0.15, -0.1) is 0 Å². The smallest absolute Gasteiger partial charge is 0.304 e. The van der Waals surface area contributed by atoms with Crippen LogP contribution in [0.5, 0.6) is 0 Å². The Labute approximate surface area is 174 Å². The minimum atomic E-state index is -4.87. The number of hydrogen-bond acceptors (Lipinski definition) is 6. The second-order valence-corrected chi connectivity index (χ2v) is 9.97. The third-order valence-corrected chi connectivity index (χ3v) is 6.85. The van der Waals surface area contributed by atoms with Gasteiger partial charge in [-0.05, 0) is 41.8 Å². The number of aryl methyl sites for hydroxylation is 1. The van der Waals surface area contributed by atoms with Crippen LogP contribution in [0, 0.1) is 18.8 Å². The van der Waals surface area contributed by atoms with Crippen LogP contribution in [-0.4, -0.2) is 36.6 Å². The molecule has 2 aromatic carbocycles. The van der Waals surface area contributed by atoms with Crippen molar-refractivity contribution in [1.82, 2.24) is 0 Å². The Balaban J connectivity index is 2.00. The van der Waals surface area contributed by atoms with Crippen molar-refractivity contribution in [1.29, 1.82) is 0 Å². The number of hydrogen-bond donors (Lipinski definition) is 3. The summed E-state index contributed by atoms with van der Waals surface area (Å²) in [7, 11) is -9.69. The van der Waals surface area contributed by atoms with Crippen LogP contribution in [-0.2, 0) is 25.0 Å². The summed E-state index contributed by atoms with van der Waals surface area (Å²) in [6.07, 6.45) is 0.540. The fourth-order valence-corrected chi connectivity index (χ4v) is 5.31. The summed E-state index contributed by atoms with van der Waals surface area (Å²) in [6, 6.07) is 12.9. The average Bonchev–Trinajstić information content (AvgIpc) is 2.65. The van der Waals surface area contributed by atoms with Gasteiger partial charge in [0.2, 0.25) is 5.44 Å². The Morgan fingerprint density at radius 3 is 2.40 bits per heavy atom. The predicted molar refractivity (Wildman–Crippen MR) is 112 cm³/mol. The molecule has 0 spiro atoms. The topological polar surface area (TPSA) is 144 Å². The lowest BCUT2D eigenvalue weighted by Crippen LogP contribution is -2.42. The first-order valence-corrected chi connectivity index (χ1v) is 11.7. The van der Waals surface area contributed by atoms with Crippen molar-refractivity contribution in [2.24, 2.45) is 0 Å². The van der Waals surface area contributed by atoms with Crippen molar-refractivity contribution >= 4 is 25.9 Å². The Bertz CT molecular complexity index is 1290. The Hall–Kier alpha value is -2.84. The third-order valence-electron chi connectivity index (χ3n) is 4.48. The fraction of sp³-hybridized carbons (Fsp3) is 0.200. The first-order valence-electron chi connectivity index (χ1n) is 8.71. The number of nitrogen functional groups attached to an aromatic ring is 1. The minimum Gasteiger partial charge on any atom is -0.477 e. The molecule has 3 rings (SSSR count). The minimum absolute atomic E-state index is 0.151. The zero-order valence-electron chi connectivity index (χ0n) is 15.8. The first kappa shape index (κ1) is 21.9. The quantitative estimate of drug-likeness (QED) is 0.368. The number of allylic oxidation sites excluding steroid dienone is 1. The summed E-state index contributed by atoms with van der Waals surface area (Å²) in [5, 5.41) is -1.90. The van der Waals surface area contributed by atoms with E-state index in [1.54, 1.807) is 12.1 Å². The van der Waals surface area contributed by atoms with E-state index in [2.05, 4.69) is 11.8 Å². The average molecular weight is 450 g/mol. The van der Waals surface area contributed by atoms with E-state index in [4.69, 9.17) is 10.5 Å². The highest BCUT2D eigenvalue weighted by Gasteiger charge is 2.44. The number of rotatable bonds is 3. The highest BCUT2D eigenvalue weighted by Crippen LogP contribution is 2.28. The summed E-state index contributed by atoms with van der Waals surface area (Å²) in [5.74, 6) is 5.71. The van der Waals surface area contributed by atoms with Gasteiger partial charge in [-0.3, -0.25) is 9.11 Å². The molecule has 30 heavy (non-hydrogen) atoms. The fourth-order valence-electron chi connectivity index (χ4n) is 3.05. The third kappa shape index (κ3) is 5.01. The molecule has 1 heterocycles. The molecule has 0 unspecified atom stereocenters. The summed E-state index contributed by atoms with van der Waals surface area (Å²) in [6.45, 7) is 1.89. The van der Waals surface area contributed by atoms with Gasteiger partial charge in [0, 0.05) is 23.2 Å².